The van der Waals surface area contributed by atoms with Crippen LogP contribution in [-0.2, 0) is 17.6 Å². The first-order valence-corrected chi connectivity index (χ1v) is 8.36. The summed E-state index contributed by atoms with van der Waals surface area (Å²) in [4.78, 5) is 15.1. The Kier molecular flexibility index (Phi) is 5.92. The SMILES string of the molecule is CCCN(CCO)C(=O)CSc1ccc2c(c1)CCC2. The molecule has 0 fully saturated rings. The minimum absolute atomic E-state index is 0.0370. The first-order valence-electron chi connectivity index (χ1n) is 7.38. The van der Waals surface area contributed by atoms with Gasteiger partial charge in [0.2, 0.25) is 5.91 Å². The molecule has 0 radical (unpaired) electrons. The zero-order valence-corrected chi connectivity index (χ0v) is 12.9. The van der Waals surface area contributed by atoms with Crippen LogP contribution in [-0.4, -0.2) is 41.4 Å². The number of carbonyl (C=O) groups is 1. The molecule has 0 spiro atoms. The summed E-state index contributed by atoms with van der Waals surface area (Å²) in [6.07, 6.45) is 4.54. The molecule has 0 atom stereocenters. The zero-order chi connectivity index (χ0) is 14.4. The second kappa shape index (κ2) is 7.70. The summed E-state index contributed by atoms with van der Waals surface area (Å²) >= 11 is 1.60. The molecule has 3 nitrogen and oxygen atoms in total. The van der Waals surface area contributed by atoms with Gasteiger partial charge in [-0.1, -0.05) is 13.0 Å². The summed E-state index contributed by atoms with van der Waals surface area (Å²) < 4.78 is 0. The molecule has 0 heterocycles. The summed E-state index contributed by atoms with van der Waals surface area (Å²) in [5.41, 5.74) is 2.91. The van der Waals surface area contributed by atoms with Crippen LogP contribution in [0.2, 0.25) is 0 Å². The number of rotatable bonds is 7. The highest BCUT2D eigenvalue weighted by Crippen LogP contribution is 2.27. The highest BCUT2D eigenvalue weighted by Gasteiger charge is 2.14. The number of fused-ring (bicyclic) bond motifs is 1. The van der Waals surface area contributed by atoms with E-state index in [1.165, 1.54) is 35.3 Å². The van der Waals surface area contributed by atoms with Gasteiger partial charge in [-0.25, -0.2) is 0 Å². The molecular formula is C16H23NO2S. The van der Waals surface area contributed by atoms with E-state index in [1.807, 2.05) is 6.92 Å². The minimum Gasteiger partial charge on any atom is -0.395 e. The standard InChI is InChI=1S/C16H23NO2S/c1-2-8-17(9-10-18)16(19)12-20-15-7-6-13-4-3-5-14(13)11-15/h6-7,11,18H,2-5,8-10,12H2,1H3. The number of aliphatic hydroxyl groups excluding tert-OH is 1. The lowest BCUT2D eigenvalue weighted by atomic mass is 10.1. The fraction of sp³-hybridized carbons (Fsp3) is 0.562. The first kappa shape index (κ1) is 15.4. The number of carbonyl (C=O) groups excluding carboxylic acids is 1. The molecule has 1 aliphatic rings. The van der Waals surface area contributed by atoms with Crippen LogP contribution in [0.25, 0.3) is 0 Å². The number of amides is 1. The lowest BCUT2D eigenvalue weighted by Gasteiger charge is -2.20. The zero-order valence-electron chi connectivity index (χ0n) is 12.1. The summed E-state index contributed by atoms with van der Waals surface area (Å²) in [5, 5.41) is 9.00. The molecule has 1 amide bonds. The molecule has 1 aromatic carbocycles. The predicted octanol–water partition coefficient (Wildman–Crippen LogP) is 2.50. The van der Waals surface area contributed by atoms with E-state index in [1.54, 1.807) is 16.7 Å². The van der Waals surface area contributed by atoms with Crippen LogP contribution < -0.4 is 0 Å². The van der Waals surface area contributed by atoms with Crippen molar-refractivity contribution in [1.29, 1.82) is 0 Å². The molecule has 0 saturated carbocycles. The number of benzene rings is 1. The van der Waals surface area contributed by atoms with E-state index in [4.69, 9.17) is 5.11 Å². The number of hydrogen-bond acceptors (Lipinski definition) is 3. The van der Waals surface area contributed by atoms with Crippen molar-refractivity contribution in [2.24, 2.45) is 0 Å². The van der Waals surface area contributed by atoms with Crippen molar-refractivity contribution < 1.29 is 9.90 Å². The predicted molar refractivity (Wildman–Crippen MR) is 83.1 cm³/mol. The normalized spacial score (nSPS) is 13.3. The summed E-state index contributed by atoms with van der Waals surface area (Å²) in [5.74, 6) is 0.574. The topological polar surface area (TPSA) is 40.5 Å². The molecule has 2 rings (SSSR count). The van der Waals surface area contributed by atoms with Gasteiger partial charge < -0.3 is 10.0 Å². The second-order valence-electron chi connectivity index (χ2n) is 5.18. The lowest BCUT2D eigenvalue weighted by Crippen LogP contribution is -2.35. The van der Waals surface area contributed by atoms with Crippen LogP contribution in [0.1, 0.15) is 30.9 Å². The molecule has 0 aromatic heterocycles. The highest BCUT2D eigenvalue weighted by molar-refractivity contribution is 8.00. The Labute approximate surface area is 125 Å². The Morgan fingerprint density at radius 2 is 2.10 bits per heavy atom. The van der Waals surface area contributed by atoms with E-state index in [0.29, 0.717) is 12.3 Å². The average molecular weight is 293 g/mol. The van der Waals surface area contributed by atoms with Crippen LogP contribution in [0.3, 0.4) is 0 Å². The Bertz CT molecular complexity index is 456. The second-order valence-corrected chi connectivity index (χ2v) is 6.23. The maximum atomic E-state index is 12.1. The van der Waals surface area contributed by atoms with Gasteiger partial charge in [0.15, 0.2) is 0 Å². The maximum Gasteiger partial charge on any atom is 0.233 e. The smallest absolute Gasteiger partial charge is 0.233 e. The maximum absolute atomic E-state index is 12.1. The van der Waals surface area contributed by atoms with Crippen molar-refractivity contribution >= 4 is 17.7 Å². The number of thioether (sulfide) groups is 1. The van der Waals surface area contributed by atoms with Gasteiger partial charge in [-0.05, 0) is 48.9 Å². The summed E-state index contributed by atoms with van der Waals surface area (Å²) in [7, 11) is 0. The minimum atomic E-state index is 0.0370. The van der Waals surface area contributed by atoms with Crippen molar-refractivity contribution in [2.75, 3.05) is 25.4 Å². The molecule has 0 aliphatic heterocycles. The van der Waals surface area contributed by atoms with Crippen LogP contribution >= 0.6 is 11.8 Å². The quantitative estimate of drug-likeness (QED) is 0.785. The van der Waals surface area contributed by atoms with E-state index in [-0.39, 0.29) is 12.5 Å². The monoisotopic (exact) mass is 293 g/mol. The molecule has 0 unspecified atom stereocenters. The van der Waals surface area contributed by atoms with Crippen LogP contribution in [0.15, 0.2) is 23.1 Å². The van der Waals surface area contributed by atoms with Gasteiger partial charge in [0.1, 0.15) is 0 Å². The van der Waals surface area contributed by atoms with Crippen molar-refractivity contribution in [3.05, 3.63) is 29.3 Å². The number of aliphatic hydroxyl groups is 1. The van der Waals surface area contributed by atoms with Crippen LogP contribution in [0, 0.1) is 0 Å². The number of aryl methyl sites for hydroxylation is 2. The van der Waals surface area contributed by atoms with Gasteiger partial charge in [0, 0.05) is 18.0 Å². The molecule has 20 heavy (non-hydrogen) atoms. The van der Waals surface area contributed by atoms with Gasteiger partial charge in [0.05, 0.1) is 12.4 Å². The van der Waals surface area contributed by atoms with E-state index in [0.717, 1.165) is 13.0 Å². The van der Waals surface area contributed by atoms with E-state index < -0.39 is 0 Å². The van der Waals surface area contributed by atoms with Gasteiger partial charge in [-0.15, -0.1) is 11.8 Å². The molecule has 110 valence electrons. The first-order chi connectivity index (χ1) is 9.74. The summed E-state index contributed by atoms with van der Waals surface area (Å²) in [6, 6.07) is 6.56. The lowest BCUT2D eigenvalue weighted by molar-refractivity contribution is -0.128. The Morgan fingerprint density at radius 3 is 2.85 bits per heavy atom. The molecular weight excluding hydrogens is 270 g/mol. The third kappa shape index (κ3) is 4.00. The van der Waals surface area contributed by atoms with Crippen LogP contribution in [0.5, 0.6) is 0 Å². The Morgan fingerprint density at radius 1 is 1.30 bits per heavy atom. The fourth-order valence-electron chi connectivity index (χ4n) is 2.63. The molecule has 0 bridgehead atoms. The van der Waals surface area contributed by atoms with Crippen LogP contribution in [0.4, 0.5) is 0 Å². The van der Waals surface area contributed by atoms with Crippen molar-refractivity contribution in [3.8, 4) is 0 Å². The highest BCUT2D eigenvalue weighted by atomic mass is 32.2. The van der Waals surface area contributed by atoms with E-state index in [2.05, 4.69) is 18.2 Å². The fourth-order valence-corrected chi connectivity index (χ4v) is 3.49. The number of nitrogens with zero attached hydrogens (tertiary/aromatic N) is 1. The van der Waals surface area contributed by atoms with E-state index in [9.17, 15) is 4.79 Å². The molecule has 0 saturated heterocycles. The number of hydrogen-bond donors (Lipinski definition) is 1. The van der Waals surface area contributed by atoms with Crippen molar-refractivity contribution in [3.63, 3.8) is 0 Å². The molecule has 1 aliphatic carbocycles. The Hall–Kier alpha value is -1.00. The van der Waals surface area contributed by atoms with E-state index >= 15 is 0 Å². The summed E-state index contributed by atoms with van der Waals surface area (Å²) in [6.45, 7) is 3.25. The van der Waals surface area contributed by atoms with Gasteiger partial charge in [0.25, 0.3) is 0 Å². The van der Waals surface area contributed by atoms with Gasteiger partial charge in [-0.2, -0.15) is 0 Å². The Balaban J connectivity index is 1.89. The van der Waals surface area contributed by atoms with Crippen molar-refractivity contribution in [1.82, 2.24) is 4.90 Å². The largest absolute Gasteiger partial charge is 0.395 e. The average Bonchev–Trinajstić information content (AvgIpc) is 2.92. The molecule has 1 aromatic rings. The van der Waals surface area contributed by atoms with Gasteiger partial charge >= 0.3 is 0 Å². The third-order valence-electron chi connectivity index (χ3n) is 3.65. The molecule has 4 heteroatoms. The van der Waals surface area contributed by atoms with Gasteiger partial charge in [-0.3, -0.25) is 4.79 Å². The van der Waals surface area contributed by atoms with Crippen molar-refractivity contribution in [2.45, 2.75) is 37.5 Å². The third-order valence-corrected chi connectivity index (χ3v) is 4.63. The molecule has 1 N–H and O–H groups in total.